The highest BCUT2D eigenvalue weighted by Crippen LogP contribution is 2.49. The number of nitrogens with zero attached hydrogens (tertiary/aromatic N) is 2. The maximum atomic E-state index is 5.09. The molecule has 3 heteroatoms. The SMILES string of the molecule is CC(C)(C)c1ccc2[nH]c(C3CC4CCCCC4N3C(C)(C)C)nc2c1. The number of rotatable bonds is 1. The Morgan fingerprint density at radius 1 is 1.04 bits per heavy atom. The number of aromatic amines is 1. The molecule has 2 aromatic rings. The summed E-state index contributed by atoms with van der Waals surface area (Å²) in [6.07, 6.45) is 6.79. The van der Waals surface area contributed by atoms with Crippen molar-refractivity contribution < 1.29 is 0 Å². The van der Waals surface area contributed by atoms with E-state index in [9.17, 15) is 0 Å². The van der Waals surface area contributed by atoms with Crippen LogP contribution in [0.1, 0.15) is 91.1 Å². The lowest BCUT2D eigenvalue weighted by Gasteiger charge is -2.42. The Hall–Kier alpha value is -1.35. The average molecular weight is 354 g/mol. The smallest absolute Gasteiger partial charge is 0.124 e. The molecule has 3 atom stereocenters. The van der Waals surface area contributed by atoms with Crippen molar-refractivity contribution in [1.82, 2.24) is 14.9 Å². The van der Waals surface area contributed by atoms with E-state index in [-0.39, 0.29) is 11.0 Å². The number of hydrogen-bond acceptors (Lipinski definition) is 2. The summed E-state index contributed by atoms with van der Waals surface area (Å²) in [6, 6.07) is 7.90. The molecule has 3 unspecified atom stereocenters. The van der Waals surface area contributed by atoms with Gasteiger partial charge in [-0.15, -0.1) is 0 Å². The first-order valence-corrected chi connectivity index (χ1v) is 10.4. The molecule has 0 spiro atoms. The maximum absolute atomic E-state index is 5.09. The summed E-state index contributed by atoms with van der Waals surface area (Å²) in [6.45, 7) is 13.9. The van der Waals surface area contributed by atoms with Crippen LogP contribution in [0.5, 0.6) is 0 Å². The molecule has 1 aromatic carbocycles. The van der Waals surface area contributed by atoms with Gasteiger partial charge in [0.25, 0.3) is 0 Å². The quantitative estimate of drug-likeness (QED) is 0.685. The first-order valence-electron chi connectivity index (χ1n) is 10.4. The molecule has 3 nitrogen and oxygen atoms in total. The van der Waals surface area contributed by atoms with Gasteiger partial charge in [0.15, 0.2) is 0 Å². The van der Waals surface area contributed by atoms with E-state index >= 15 is 0 Å². The van der Waals surface area contributed by atoms with E-state index in [1.54, 1.807) is 0 Å². The van der Waals surface area contributed by atoms with Crippen LogP contribution in [0.2, 0.25) is 0 Å². The molecule has 2 heterocycles. The summed E-state index contributed by atoms with van der Waals surface area (Å²) >= 11 is 0. The second-order valence-electron chi connectivity index (χ2n) is 10.5. The molecule has 26 heavy (non-hydrogen) atoms. The van der Waals surface area contributed by atoms with Gasteiger partial charge in [-0.2, -0.15) is 0 Å². The number of likely N-dealkylation sites (tertiary alicyclic amines) is 1. The summed E-state index contributed by atoms with van der Waals surface area (Å²) in [5, 5.41) is 0. The lowest BCUT2D eigenvalue weighted by atomic mass is 9.84. The number of aromatic nitrogens is 2. The predicted octanol–water partition coefficient (Wildman–Crippen LogP) is 5.96. The standard InChI is InChI=1S/C23H35N3/c1-22(2,3)16-11-12-17-18(14-16)25-21(24-17)20-13-15-9-7-8-10-19(15)26(20)23(4,5)6/h11-12,14-15,19-20H,7-10,13H2,1-6H3,(H,24,25). The van der Waals surface area contributed by atoms with E-state index in [1.807, 2.05) is 0 Å². The largest absolute Gasteiger partial charge is 0.341 e. The molecule has 0 bridgehead atoms. The number of nitrogens with one attached hydrogen (secondary N) is 1. The molecule has 2 aliphatic rings. The van der Waals surface area contributed by atoms with Crippen LogP contribution in [-0.4, -0.2) is 26.4 Å². The van der Waals surface area contributed by atoms with E-state index in [0.29, 0.717) is 6.04 Å². The van der Waals surface area contributed by atoms with Gasteiger partial charge in [-0.1, -0.05) is 39.7 Å². The van der Waals surface area contributed by atoms with Gasteiger partial charge >= 0.3 is 0 Å². The second-order valence-corrected chi connectivity index (χ2v) is 10.5. The highest BCUT2D eigenvalue weighted by molar-refractivity contribution is 5.76. The van der Waals surface area contributed by atoms with Gasteiger partial charge in [0.05, 0.1) is 17.1 Å². The zero-order valence-electron chi connectivity index (χ0n) is 17.4. The molecular weight excluding hydrogens is 318 g/mol. The van der Waals surface area contributed by atoms with E-state index in [1.165, 1.54) is 49.0 Å². The molecule has 1 aromatic heterocycles. The Labute approximate surface area is 158 Å². The van der Waals surface area contributed by atoms with Gasteiger partial charge in [0, 0.05) is 11.6 Å². The lowest BCUT2D eigenvalue weighted by molar-refractivity contribution is 0.0513. The second kappa shape index (κ2) is 6.09. The van der Waals surface area contributed by atoms with Crippen LogP contribution in [0.3, 0.4) is 0 Å². The van der Waals surface area contributed by atoms with Gasteiger partial charge in [0.1, 0.15) is 5.82 Å². The first-order chi connectivity index (χ1) is 12.1. The van der Waals surface area contributed by atoms with Gasteiger partial charge < -0.3 is 4.98 Å². The van der Waals surface area contributed by atoms with Crippen LogP contribution >= 0.6 is 0 Å². The molecule has 1 saturated carbocycles. The minimum absolute atomic E-state index is 0.160. The fourth-order valence-electron chi connectivity index (χ4n) is 5.32. The Balaban J connectivity index is 1.73. The maximum Gasteiger partial charge on any atom is 0.124 e. The minimum Gasteiger partial charge on any atom is -0.341 e. The predicted molar refractivity (Wildman–Crippen MR) is 109 cm³/mol. The zero-order chi connectivity index (χ0) is 18.7. The molecule has 0 radical (unpaired) electrons. The van der Waals surface area contributed by atoms with E-state index in [2.05, 4.69) is 69.6 Å². The van der Waals surface area contributed by atoms with Crippen LogP contribution in [0, 0.1) is 5.92 Å². The molecule has 1 saturated heterocycles. The van der Waals surface area contributed by atoms with Crippen LogP contribution in [0.4, 0.5) is 0 Å². The topological polar surface area (TPSA) is 31.9 Å². The van der Waals surface area contributed by atoms with Crippen molar-refractivity contribution in [3.05, 3.63) is 29.6 Å². The third kappa shape index (κ3) is 3.09. The molecule has 142 valence electrons. The third-order valence-electron chi connectivity index (χ3n) is 6.55. The van der Waals surface area contributed by atoms with Crippen LogP contribution in [-0.2, 0) is 5.41 Å². The summed E-state index contributed by atoms with van der Waals surface area (Å²) in [4.78, 5) is 11.5. The highest BCUT2D eigenvalue weighted by atomic mass is 15.3. The monoisotopic (exact) mass is 353 g/mol. The van der Waals surface area contributed by atoms with Crippen molar-refractivity contribution in [2.75, 3.05) is 0 Å². The van der Waals surface area contributed by atoms with Gasteiger partial charge in [-0.3, -0.25) is 4.90 Å². The molecule has 0 amide bonds. The van der Waals surface area contributed by atoms with Gasteiger partial charge in [-0.05, 0) is 69.1 Å². The summed E-state index contributed by atoms with van der Waals surface area (Å²) in [5.74, 6) is 2.02. The Bertz CT molecular complexity index is 790. The van der Waals surface area contributed by atoms with Gasteiger partial charge in [0.2, 0.25) is 0 Å². The molecule has 1 aliphatic carbocycles. The zero-order valence-corrected chi connectivity index (χ0v) is 17.4. The highest BCUT2D eigenvalue weighted by Gasteiger charge is 2.47. The summed E-state index contributed by atoms with van der Waals surface area (Å²) in [5.41, 5.74) is 3.99. The minimum atomic E-state index is 0.160. The number of benzene rings is 1. The number of H-pyrrole nitrogens is 1. The molecule has 1 N–H and O–H groups in total. The van der Waals surface area contributed by atoms with Gasteiger partial charge in [-0.25, -0.2) is 4.98 Å². The van der Waals surface area contributed by atoms with Crippen LogP contribution < -0.4 is 0 Å². The van der Waals surface area contributed by atoms with Crippen molar-refractivity contribution in [3.63, 3.8) is 0 Å². The van der Waals surface area contributed by atoms with Crippen molar-refractivity contribution in [1.29, 1.82) is 0 Å². The Morgan fingerprint density at radius 2 is 1.77 bits per heavy atom. The van der Waals surface area contributed by atoms with Crippen molar-refractivity contribution in [2.24, 2.45) is 5.92 Å². The molecule has 4 rings (SSSR count). The van der Waals surface area contributed by atoms with E-state index < -0.39 is 0 Å². The third-order valence-corrected chi connectivity index (χ3v) is 6.55. The lowest BCUT2D eigenvalue weighted by Crippen LogP contribution is -2.47. The number of hydrogen-bond donors (Lipinski definition) is 1. The van der Waals surface area contributed by atoms with E-state index in [4.69, 9.17) is 4.98 Å². The molecular formula is C23H35N3. The van der Waals surface area contributed by atoms with E-state index in [0.717, 1.165) is 17.5 Å². The Morgan fingerprint density at radius 3 is 2.46 bits per heavy atom. The Kier molecular flexibility index (Phi) is 4.22. The summed E-state index contributed by atoms with van der Waals surface area (Å²) in [7, 11) is 0. The van der Waals surface area contributed by atoms with Crippen molar-refractivity contribution >= 4 is 11.0 Å². The number of fused-ring (bicyclic) bond motifs is 2. The normalized spacial score (nSPS) is 27.8. The average Bonchev–Trinajstić information content (AvgIpc) is 3.13. The van der Waals surface area contributed by atoms with Crippen molar-refractivity contribution in [3.8, 4) is 0 Å². The molecule has 1 aliphatic heterocycles. The fourth-order valence-corrected chi connectivity index (χ4v) is 5.32. The van der Waals surface area contributed by atoms with Crippen molar-refractivity contribution in [2.45, 2.75) is 96.7 Å². The van der Waals surface area contributed by atoms with Crippen LogP contribution in [0.25, 0.3) is 11.0 Å². The van der Waals surface area contributed by atoms with Crippen LogP contribution in [0.15, 0.2) is 18.2 Å². The summed E-state index contributed by atoms with van der Waals surface area (Å²) < 4.78 is 0. The molecule has 2 fully saturated rings. The first kappa shape index (κ1) is 18.0. The fraction of sp³-hybridized carbons (Fsp3) is 0.696. The number of imidazole rings is 1.